The Morgan fingerprint density at radius 1 is 1.33 bits per heavy atom. The number of anilines is 1. The average molecular weight is 206 g/mol. The predicted molar refractivity (Wildman–Crippen MR) is 58.4 cm³/mol. The largest absolute Gasteiger partial charge is 0.497 e. The standard InChI is InChI=1S/C11H14N2O2/c1-13(7-6-12)10-8-9(14-2)4-5-11(10)15-3/h4-5,8H,7H2,1-3H3. The van der Waals surface area contributed by atoms with E-state index in [1.165, 1.54) is 0 Å². The van der Waals surface area contributed by atoms with Crippen LogP contribution in [0.4, 0.5) is 5.69 Å². The second-order valence-electron chi connectivity index (χ2n) is 3.05. The van der Waals surface area contributed by atoms with Gasteiger partial charge in [-0.3, -0.25) is 0 Å². The lowest BCUT2D eigenvalue weighted by molar-refractivity contribution is 0.403. The molecule has 80 valence electrons. The number of methoxy groups -OCH3 is 2. The molecule has 1 aromatic carbocycles. The van der Waals surface area contributed by atoms with E-state index in [4.69, 9.17) is 14.7 Å². The van der Waals surface area contributed by atoms with Crippen LogP contribution in [0, 0.1) is 11.3 Å². The Labute approximate surface area is 89.6 Å². The van der Waals surface area contributed by atoms with E-state index in [9.17, 15) is 0 Å². The van der Waals surface area contributed by atoms with E-state index in [0.717, 1.165) is 17.2 Å². The number of ether oxygens (including phenoxy) is 2. The molecule has 0 bridgehead atoms. The highest BCUT2D eigenvalue weighted by Crippen LogP contribution is 2.31. The topological polar surface area (TPSA) is 45.5 Å². The van der Waals surface area contributed by atoms with Crippen LogP contribution in [0.1, 0.15) is 0 Å². The van der Waals surface area contributed by atoms with Gasteiger partial charge in [-0.1, -0.05) is 0 Å². The van der Waals surface area contributed by atoms with Crippen molar-refractivity contribution in [3.63, 3.8) is 0 Å². The summed E-state index contributed by atoms with van der Waals surface area (Å²) in [6, 6.07) is 7.57. The Hall–Kier alpha value is -1.89. The van der Waals surface area contributed by atoms with Gasteiger partial charge in [-0.25, -0.2) is 0 Å². The molecule has 4 heteroatoms. The van der Waals surface area contributed by atoms with E-state index in [1.807, 2.05) is 25.2 Å². The number of nitriles is 1. The molecule has 0 amide bonds. The van der Waals surface area contributed by atoms with Gasteiger partial charge in [0.1, 0.15) is 18.0 Å². The fourth-order valence-electron chi connectivity index (χ4n) is 1.29. The summed E-state index contributed by atoms with van der Waals surface area (Å²) in [6.45, 7) is 0.309. The molecule has 0 N–H and O–H groups in total. The van der Waals surface area contributed by atoms with Gasteiger partial charge >= 0.3 is 0 Å². The Morgan fingerprint density at radius 3 is 2.60 bits per heavy atom. The highest BCUT2D eigenvalue weighted by atomic mass is 16.5. The van der Waals surface area contributed by atoms with Crippen LogP contribution in [0.5, 0.6) is 11.5 Å². The first kappa shape index (κ1) is 11.2. The molecule has 0 aromatic heterocycles. The second kappa shape index (κ2) is 5.11. The SMILES string of the molecule is COc1ccc(OC)c(N(C)CC#N)c1. The Kier molecular flexibility index (Phi) is 3.81. The van der Waals surface area contributed by atoms with Gasteiger partial charge in [-0.15, -0.1) is 0 Å². The Morgan fingerprint density at radius 2 is 2.07 bits per heavy atom. The van der Waals surface area contributed by atoms with Crippen molar-refractivity contribution in [3.8, 4) is 17.6 Å². The highest BCUT2D eigenvalue weighted by molar-refractivity contribution is 5.61. The van der Waals surface area contributed by atoms with Gasteiger partial charge in [0.25, 0.3) is 0 Å². The summed E-state index contributed by atoms with van der Waals surface area (Å²) in [5.41, 5.74) is 0.846. The van der Waals surface area contributed by atoms with Crippen LogP contribution in [-0.2, 0) is 0 Å². The minimum absolute atomic E-state index is 0.309. The maximum absolute atomic E-state index is 8.62. The first-order valence-electron chi connectivity index (χ1n) is 4.53. The van der Waals surface area contributed by atoms with E-state index >= 15 is 0 Å². The van der Waals surface area contributed by atoms with Gasteiger partial charge in [0.15, 0.2) is 0 Å². The molecular weight excluding hydrogens is 192 g/mol. The normalized spacial score (nSPS) is 9.20. The smallest absolute Gasteiger partial charge is 0.142 e. The summed E-state index contributed by atoms with van der Waals surface area (Å²) in [5.74, 6) is 1.48. The molecule has 0 atom stereocenters. The van der Waals surface area contributed by atoms with Crippen LogP contribution in [0.15, 0.2) is 18.2 Å². The first-order valence-corrected chi connectivity index (χ1v) is 4.53. The molecule has 0 unspecified atom stereocenters. The van der Waals surface area contributed by atoms with Crippen LogP contribution in [0.2, 0.25) is 0 Å². The molecular formula is C11H14N2O2. The van der Waals surface area contributed by atoms with Gasteiger partial charge in [-0.05, 0) is 12.1 Å². The van der Waals surface area contributed by atoms with Crippen LogP contribution >= 0.6 is 0 Å². The summed E-state index contributed by atoms with van der Waals surface area (Å²) in [5, 5.41) is 8.62. The van der Waals surface area contributed by atoms with Gasteiger partial charge in [-0.2, -0.15) is 5.26 Å². The fraction of sp³-hybridized carbons (Fsp3) is 0.364. The lowest BCUT2D eigenvalue weighted by Gasteiger charge is -2.19. The molecule has 0 radical (unpaired) electrons. The average Bonchev–Trinajstić information content (AvgIpc) is 2.28. The van der Waals surface area contributed by atoms with Gasteiger partial charge in [0, 0.05) is 13.1 Å². The molecule has 0 saturated heterocycles. The Bertz CT molecular complexity index is 371. The predicted octanol–water partition coefficient (Wildman–Crippen LogP) is 1.66. The quantitative estimate of drug-likeness (QED) is 0.703. The summed E-state index contributed by atoms with van der Waals surface area (Å²) in [6.07, 6.45) is 0. The molecule has 0 aliphatic heterocycles. The molecule has 0 saturated carbocycles. The third kappa shape index (κ3) is 2.53. The van der Waals surface area contributed by atoms with E-state index in [1.54, 1.807) is 19.1 Å². The van der Waals surface area contributed by atoms with Crippen molar-refractivity contribution in [3.05, 3.63) is 18.2 Å². The molecule has 0 fully saturated rings. The number of rotatable bonds is 4. The fourth-order valence-corrected chi connectivity index (χ4v) is 1.29. The molecule has 0 aliphatic rings. The third-order valence-corrected chi connectivity index (χ3v) is 2.11. The van der Waals surface area contributed by atoms with Crippen molar-refractivity contribution in [2.45, 2.75) is 0 Å². The molecule has 0 spiro atoms. The van der Waals surface area contributed by atoms with Crippen molar-refractivity contribution < 1.29 is 9.47 Å². The van der Waals surface area contributed by atoms with E-state index in [-0.39, 0.29) is 0 Å². The van der Waals surface area contributed by atoms with Gasteiger partial charge < -0.3 is 14.4 Å². The second-order valence-corrected chi connectivity index (χ2v) is 3.05. The van der Waals surface area contributed by atoms with Crippen molar-refractivity contribution >= 4 is 5.69 Å². The summed E-state index contributed by atoms with van der Waals surface area (Å²) < 4.78 is 10.3. The molecule has 15 heavy (non-hydrogen) atoms. The number of nitrogens with zero attached hydrogens (tertiary/aromatic N) is 2. The van der Waals surface area contributed by atoms with E-state index in [2.05, 4.69) is 6.07 Å². The molecule has 1 aromatic rings. The molecule has 0 heterocycles. The zero-order valence-electron chi connectivity index (χ0n) is 9.15. The maximum atomic E-state index is 8.62. The van der Waals surface area contributed by atoms with E-state index < -0.39 is 0 Å². The highest BCUT2D eigenvalue weighted by Gasteiger charge is 2.08. The van der Waals surface area contributed by atoms with Crippen LogP contribution in [0.3, 0.4) is 0 Å². The molecule has 1 rings (SSSR count). The van der Waals surface area contributed by atoms with Crippen LogP contribution < -0.4 is 14.4 Å². The zero-order chi connectivity index (χ0) is 11.3. The van der Waals surface area contributed by atoms with Crippen molar-refractivity contribution in [1.82, 2.24) is 0 Å². The molecule has 4 nitrogen and oxygen atoms in total. The van der Waals surface area contributed by atoms with Crippen molar-refractivity contribution in [2.75, 3.05) is 32.7 Å². The van der Waals surface area contributed by atoms with Gasteiger partial charge in [0.05, 0.1) is 26.0 Å². The third-order valence-electron chi connectivity index (χ3n) is 2.11. The van der Waals surface area contributed by atoms with E-state index in [0.29, 0.717) is 6.54 Å². The number of hydrogen-bond acceptors (Lipinski definition) is 4. The maximum Gasteiger partial charge on any atom is 0.142 e. The summed E-state index contributed by atoms with van der Waals surface area (Å²) in [7, 11) is 5.04. The minimum atomic E-state index is 0.309. The summed E-state index contributed by atoms with van der Waals surface area (Å²) in [4.78, 5) is 1.81. The zero-order valence-corrected chi connectivity index (χ0v) is 9.15. The number of benzene rings is 1. The minimum Gasteiger partial charge on any atom is -0.497 e. The van der Waals surface area contributed by atoms with Crippen molar-refractivity contribution in [1.29, 1.82) is 5.26 Å². The van der Waals surface area contributed by atoms with Crippen LogP contribution in [-0.4, -0.2) is 27.8 Å². The molecule has 0 aliphatic carbocycles. The monoisotopic (exact) mass is 206 g/mol. The number of hydrogen-bond donors (Lipinski definition) is 0. The lowest BCUT2D eigenvalue weighted by atomic mass is 10.2. The summed E-state index contributed by atoms with van der Waals surface area (Å²) >= 11 is 0. The van der Waals surface area contributed by atoms with Crippen LogP contribution in [0.25, 0.3) is 0 Å². The van der Waals surface area contributed by atoms with Gasteiger partial charge in [0.2, 0.25) is 0 Å². The first-order chi connectivity index (χ1) is 7.22. The van der Waals surface area contributed by atoms with Crippen molar-refractivity contribution in [2.24, 2.45) is 0 Å². The Balaban J connectivity index is 3.06. The lowest BCUT2D eigenvalue weighted by Crippen LogP contribution is -2.17.